The second kappa shape index (κ2) is 14.9. The standard InChI is InChI=1S/C65H42/c1-3-18-44(19-4-1)58(45-20-5-2-6-21-45)40-43-34-36-46(37-35-43)63-54-27-7-9-29-56(54)64(57-30-10-8-28-55(57)63)49-23-17-22-47(41-49)48-38-39-53-52-26-13-16-33-61(52)65(62(53)42-48)59-31-14-11-24-50(59)51-25-12-15-32-60(51)65/h1-42H. The number of fused-ring (bicyclic) bond motifs is 12. The van der Waals surface area contributed by atoms with Gasteiger partial charge in [-0.1, -0.05) is 237 Å². The van der Waals surface area contributed by atoms with Gasteiger partial charge in [-0.15, -0.1) is 0 Å². The molecule has 0 nitrogen and oxygen atoms in total. The Morgan fingerprint density at radius 3 is 1.20 bits per heavy atom. The van der Waals surface area contributed by atoms with Crippen LogP contribution in [0.1, 0.15) is 38.9 Å². The third kappa shape index (κ3) is 5.71. The van der Waals surface area contributed by atoms with Crippen LogP contribution in [0, 0.1) is 0 Å². The molecule has 0 aromatic heterocycles. The maximum absolute atomic E-state index is 2.49. The lowest BCUT2D eigenvalue weighted by atomic mass is 9.70. The monoisotopic (exact) mass is 822 g/mol. The normalized spacial score (nSPS) is 12.7. The van der Waals surface area contributed by atoms with Crippen molar-refractivity contribution >= 4 is 33.2 Å². The summed E-state index contributed by atoms with van der Waals surface area (Å²) >= 11 is 0. The number of rotatable bonds is 6. The lowest BCUT2D eigenvalue weighted by Crippen LogP contribution is -2.25. The van der Waals surface area contributed by atoms with E-state index in [1.165, 1.54) is 122 Å². The van der Waals surface area contributed by atoms with Crippen molar-refractivity contribution in [3.63, 3.8) is 0 Å². The maximum atomic E-state index is 2.49. The summed E-state index contributed by atoms with van der Waals surface area (Å²) in [5, 5.41) is 5.00. The Kier molecular flexibility index (Phi) is 8.54. The van der Waals surface area contributed by atoms with Crippen LogP contribution in [0.15, 0.2) is 249 Å². The van der Waals surface area contributed by atoms with E-state index >= 15 is 0 Å². The molecular weight excluding hydrogens is 781 g/mol. The van der Waals surface area contributed by atoms with E-state index in [1.54, 1.807) is 0 Å². The molecule has 2 aliphatic rings. The quantitative estimate of drug-likeness (QED) is 0.116. The smallest absolute Gasteiger partial charge is 0.0622 e. The average Bonchev–Trinajstić information content (AvgIpc) is 3.85. The van der Waals surface area contributed by atoms with E-state index in [0.29, 0.717) is 0 Å². The Hall–Kier alpha value is -8.32. The summed E-state index contributed by atoms with van der Waals surface area (Å²) in [6.07, 6.45) is 2.31. The van der Waals surface area contributed by atoms with E-state index in [9.17, 15) is 0 Å². The predicted octanol–water partition coefficient (Wildman–Crippen LogP) is 16.9. The van der Waals surface area contributed by atoms with Crippen LogP contribution in [0.2, 0.25) is 0 Å². The molecule has 65 heavy (non-hydrogen) atoms. The van der Waals surface area contributed by atoms with E-state index in [-0.39, 0.29) is 5.41 Å². The van der Waals surface area contributed by atoms with Gasteiger partial charge in [0, 0.05) is 0 Å². The molecule has 0 bridgehead atoms. The fraction of sp³-hybridized carbons (Fsp3) is 0.0154. The fourth-order valence-corrected chi connectivity index (χ4v) is 11.4. The van der Waals surface area contributed by atoms with Gasteiger partial charge in [0.1, 0.15) is 0 Å². The molecular formula is C65H42. The van der Waals surface area contributed by atoms with Crippen LogP contribution in [0.5, 0.6) is 0 Å². The second-order valence-electron chi connectivity index (χ2n) is 17.5. The van der Waals surface area contributed by atoms with Crippen molar-refractivity contribution in [3.8, 4) is 55.6 Å². The molecule has 0 saturated heterocycles. The molecule has 11 aromatic carbocycles. The summed E-state index contributed by atoms with van der Waals surface area (Å²) in [5.74, 6) is 0. The van der Waals surface area contributed by atoms with Crippen molar-refractivity contribution < 1.29 is 0 Å². The second-order valence-corrected chi connectivity index (χ2v) is 17.5. The first-order valence-corrected chi connectivity index (χ1v) is 22.7. The van der Waals surface area contributed by atoms with E-state index in [2.05, 4.69) is 255 Å². The van der Waals surface area contributed by atoms with E-state index in [1.807, 2.05) is 0 Å². The molecule has 0 amide bonds. The first-order chi connectivity index (χ1) is 32.3. The predicted molar refractivity (Wildman–Crippen MR) is 274 cm³/mol. The van der Waals surface area contributed by atoms with Gasteiger partial charge in [0.25, 0.3) is 0 Å². The zero-order valence-electron chi connectivity index (χ0n) is 35.7. The van der Waals surface area contributed by atoms with Crippen molar-refractivity contribution in [1.82, 2.24) is 0 Å². The highest BCUT2D eigenvalue weighted by Crippen LogP contribution is 2.63. The van der Waals surface area contributed by atoms with Gasteiger partial charge in [-0.3, -0.25) is 0 Å². The highest BCUT2D eigenvalue weighted by Gasteiger charge is 2.51. The van der Waals surface area contributed by atoms with Crippen molar-refractivity contribution in [2.75, 3.05) is 0 Å². The van der Waals surface area contributed by atoms with Crippen LogP contribution < -0.4 is 0 Å². The Morgan fingerprint density at radius 2 is 0.677 bits per heavy atom. The Labute approximate surface area is 380 Å². The molecule has 0 aliphatic heterocycles. The van der Waals surface area contributed by atoms with Gasteiger partial charge in [-0.2, -0.15) is 0 Å². The van der Waals surface area contributed by atoms with E-state index < -0.39 is 0 Å². The summed E-state index contributed by atoms with van der Waals surface area (Å²) in [7, 11) is 0. The molecule has 2 aliphatic carbocycles. The average molecular weight is 823 g/mol. The molecule has 0 atom stereocenters. The third-order valence-corrected chi connectivity index (χ3v) is 14.1. The molecule has 11 aromatic rings. The molecule has 0 radical (unpaired) electrons. The molecule has 0 heterocycles. The van der Waals surface area contributed by atoms with Gasteiger partial charge in [0.15, 0.2) is 0 Å². The first kappa shape index (κ1) is 37.3. The summed E-state index contributed by atoms with van der Waals surface area (Å²) < 4.78 is 0. The van der Waals surface area contributed by atoms with Crippen molar-refractivity contribution in [1.29, 1.82) is 0 Å². The molecule has 0 N–H and O–H groups in total. The molecule has 1 spiro atoms. The summed E-state index contributed by atoms with van der Waals surface area (Å²) in [6, 6.07) is 92.1. The highest BCUT2D eigenvalue weighted by molar-refractivity contribution is 6.21. The Balaban J connectivity index is 0.944. The number of benzene rings is 11. The molecule has 13 rings (SSSR count). The minimum absolute atomic E-state index is 0.379. The Morgan fingerprint density at radius 1 is 0.277 bits per heavy atom. The van der Waals surface area contributed by atoms with Gasteiger partial charge in [-0.25, -0.2) is 0 Å². The molecule has 0 saturated carbocycles. The molecule has 0 unspecified atom stereocenters. The van der Waals surface area contributed by atoms with Crippen molar-refractivity contribution in [3.05, 3.63) is 288 Å². The molecule has 0 heteroatoms. The molecule has 0 fully saturated rings. The zero-order chi connectivity index (χ0) is 42.9. The first-order valence-electron chi connectivity index (χ1n) is 22.7. The zero-order valence-corrected chi connectivity index (χ0v) is 35.7. The van der Waals surface area contributed by atoms with Crippen LogP contribution in [-0.2, 0) is 5.41 Å². The van der Waals surface area contributed by atoms with Crippen molar-refractivity contribution in [2.24, 2.45) is 0 Å². The van der Waals surface area contributed by atoms with Gasteiger partial charge in [-0.05, 0) is 140 Å². The van der Waals surface area contributed by atoms with E-state index in [4.69, 9.17) is 0 Å². The van der Waals surface area contributed by atoms with Gasteiger partial charge < -0.3 is 0 Å². The van der Waals surface area contributed by atoms with Crippen LogP contribution in [0.3, 0.4) is 0 Å². The van der Waals surface area contributed by atoms with Gasteiger partial charge >= 0.3 is 0 Å². The lowest BCUT2D eigenvalue weighted by molar-refractivity contribution is 0.794. The lowest BCUT2D eigenvalue weighted by Gasteiger charge is -2.30. The van der Waals surface area contributed by atoms with Gasteiger partial charge in [0.2, 0.25) is 0 Å². The topological polar surface area (TPSA) is 0 Å². The maximum Gasteiger partial charge on any atom is 0.0725 e. The summed E-state index contributed by atoms with van der Waals surface area (Å²) in [5.41, 5.74) is 22.5. The van der Waals surface area contributed by atoms with Crippen LogP contribution in [0.25, 0.3) is 88.8 Å². The molecule has 302 valence electrons. The van der Waals surface area contributed by atoms with Gasteiger partial charge in [0.05, 0.1) is 5.41 Å². The Bertz CT molecular complexity index is 3520. The minimum atomic E-state index is -0.379. The number of hydrogen-bond donors (Lipinski definition) is 0. The van der Waals surface area contributed by atoms with Crippen LogP contribution >= 0.6 is 0 Å². The number of hydrogen-bond acceptors (Lipinski definition) is 0. The summed E-state index contributed by atoms with van der Waals surface area (Å²) in [6.45, 7) is 0. The van der Waals surface area contributed by atoms with Crippen LogP contribution in [-0.4, -0.2) is 0 Å². The highest BCUT2D eigenvalue weighted by atomic mass is 14.5. The van der Waals surface area contributed by atoms with Crippen molar-refractivity contribution in [2.45, 2.75) is 5.41 Å². The third-order valence-electron chi connectivity index (χ3n) is 14.1. The largest absolute Gasteiger partial charge is 0.0725 e. The SMILES string of the molecule is C(=C(c1ccccc1)c1ccccc1)c1ccc(-c2c3ccccc3c(-c3cccc(-c4ccc5c(c4)C4(c6ccccc6-c6ccccc64)c4ccccc4-5)c3)c3ccccc23)cc1. The van der Waals surface area contributed by atoms with E-state index in [0.717, 1.165) is 0 Å². The minimum Gasteiger partial charge on any atom is -0.0622 e. The van der Waals surface area contributed by atoms with Crippen LogP contribution in [0.4, 0.5) is 0 Å². The fourth-order valence-electron chi connectivity index (χ4n) is 11.4. The summed E-state index contributed by atoms with van der Waals surface area (Å²) in [4.78, 5) is 0.